The number of aldehydes is 1. The molecular formula is C17H25NO2. The maximum atomic E-state index is 10.8. The Balaban J connectivity index is 3.58. The number of carbonyl (C=O) groups excluding carboxylic acids is 1. The summed E-state index contributed by atoms with van der Waals surface area (Å²) in [7, 11) is 0. The van der Waals surface area contributed by atoms with Crippen LogP contribution in [0.2, 0.25) is 0 Å². The summed E-state index contributed by atoms with van der Waals surface area (Å²) >= 11 is 0. The van der Waals surface area contributed by atoms with Gasteiger partial charge in [-0.05, 0) is 43.4 Å². The number of rotatable bonds is 6. The number of carbonyl (C=O) groups is 1. The van der Waals surface area contributed by atoms with Crippen molar-refractivity contribution in [1.29, 1.82) is 0 Å². The fourth-order valence-corrected chi connectivity index (χ4v) is 2.04. The fraction of sp³-hybridized carbons (Fsp3) is 0.529. The summed E-state index contributed by atoms with van der Waals surface area (Å²) in [5.41, 5.74) is 3.88. The predicted octanol–water partition coefficient (Wildman–Crippen LogP) is 4.33. The van der Waals surface area contributed by atoms with Gasteiger partial charge in [0.2, 0.25) is 0 Å². The van der Waals surface area contributed by atoms with E-state index in [4.69, 9.17) is 9.72 Å². The third-order valence-electron chi connectivity index (χ3n) is 3.19. The van der Waals surface area contributed by atoms with Gasteiger partial charge < -0.3 is 4.74 Å². The van der Waals surface area contributed by atoms with Crippen molar-refractivity contribution in [2.24, 2.45) is 0 Å². The zero-order valence-corrected chi connectivity index (χ0v) is 13.4. The van der Waals surface area contributed by atoms with Crippen molar-refractivity contribution < 1.29 is 9.53 Å². The molecule has 1 aromatic heterocycles. The first kappa shape index (κ1) is 16.4. The minimum absolute atomic E-state index is 0.276. The molecule has 0 radical (unpaired) electrons. The summed E-state index contributed by atoms with van der Waals surface area (Å²) in [6.45, 7) is 12.9. The number of ether oxygens (including phenoxy) is 1. The number of hydrogen-bond donors (Lipinski definition) is 0. The Morgan fingerprint density at radius 3 is 2.40 bits per heavy atom. The Bertz CT molecular complexity index is 502. The molecule has 0 spiro atoms. The molecule has 0 saturated heterocycles. The lowest BCUT2D eigenvalue weighted by Gasteiger charge is -2.19. The zero-order chi connectivity index (χ0) is 15.3. The Kier molecular flexibility index (Phi) is 5.93. The fourth-order valence-electron chi connectivity index (χ4n) is 2.04. The van der Waals surface area contributed by atoms with Crippen molar-refractivity contribution in [3.8, 4) is 5.75 Å². The van der Waals surface area contributed by atoms with E-state index in [-0.39, 0.29) is 5.92 Å². The van der Waals surface area contributed by atoms with Gasteiger partial charge in [0.05, 0.1) is 12.3 Å². The highest BCUT2D eigenvalue weighted by Gasteiger charge is 2.18. The van der Waals surface area contributed by atoms with Crippen LogP contribution >= 0.6 is 0 Å². The van der Waals surface area contributed by atoms with Gasteiger partial charge in [0.25, 0.3) is 0 Å². The van der Waals surface area contributed by atoms with E-state index in [1.54, 1.807) is 6.08 Å². The second kappa shape index (κ2) is 7.22. The van der Waals surface area contributed by atoms with Crippen molar-refractivity contribution >= 4 is 11.9 Å². The van der Waals surface area contributed by atoms with Crippen molar-refractivity contribution in [1.82, 2.24) is 4.98 Å². The number of hydrogen-bond acceptors (Lipinski definition) is 3. The second-order valence-corrected chi connectivity index (χ2v) is 5.54. The molecule has 0 aromatic carbocycles. The Morgan fingerprint density at radius 1 is 1.30 bits per heavy atom. The van der Waals surface area contributed by atoms with Crippen LogP contribution in [0, 0.1) is 0 Å². The molecule has 0 aliphatic carbocycles. The Hall–Kier alpha value is -1.64. The van der Waals surface area contributed by atoms with Gasteiger partial charge in [0.15, 0.2) is 0 Å². The van der Waals surface area contributed by atoms with E-state index in [9.17, 15) is 4.79 Å². The summed E-state index contributed by atoms with van der Waals surface area (Å²) in [5, 5.41) is 0. The van der Waals surface area contributed by atoms with Gasteiger partial charge >= 0.3 is 0 Å². The minimum atomic E-state index is 0.276. The van der Waals surface area contributed by atoms with Gasteiger partial charge in [-0.2, -0.15) is 0 Å². The van der Waals surface area contributed by atoms with Gasteiger partial charge in [-0.1, -0.05) is 27.7 Å². The van der Waals surface area contributed by atoms with Crippen molar-refractivity contribution in [3.63, 3.8) is 0 Å². The van der Waals surface area contributed by atoms with E-state index in [2.05, 4.69) is 27.7 Å². The number of aromatic nitrogens is 1. The van der Waals surface area contributed by atoms with Crippen LogP contribution in [0.15, 0.2) is 12.1 Å². The molecule has 1 aromatic rings. The highest BCUT2D eigenvalue weighted by molar-refractivity contribution is 5.83. The molecule has 3 nitrogen and oxygen atoms in total. The van der Waals surface area contributed by atoms with E-state index in [1.165, 1.54) is 0 Å². The maximum Gasteiger partial charge on any atom is 0.148 e. The molecule has 1 heterocycles. The van der Waals surface area contributed by atoms with Crippen LogP contribution in [0.25, 0.3) is 5.57 Å². The summed E-state index contributed by atoms with van der Waals surface area (Å²) < 4.78 is 5.81. The molecule has 0 fully saturated rings. The molecule has 1 rings (SSSR count). The normalized spacial score (nSPS) is 12.1. The number of allylic oxidation sites excluding steroid dienone is 2. The minimum Gasteiger partial charge on any atom is -0.491 e. The summed E-state index contributed by atoms with van der Waals surface area (Å²) in [5.74, 6) is 1.42. The van der Waals surface area contributed by atoms with Gasteiger partial charge in [-0.15, -0.1) is 0 Å². The van der Waals surface area contributed by atoms with Crippen LogP contribution in [-0.4, -0.2) is 17.9 Å². The molecule has 3 heteroatoms. The molecule has 0 saturated carbocycles. The molecule has 0 aliphatic rings. The van der Waals surface area contributed by atoms with E-state index in [1.807, 2.05) is 19.9 Å². The second-order valence-electron chi connectivity index (χ2n) is 5.54. The number of nitrogens with zero attached hydrogens (tertiary/aromatic N) is 1. The average molecular weight is 275 g/mol. The van der Waals surface area contributed by atoms with Gasteiger partial charge in [0, 0.05) is 11.3 Å². The van der Waals surface area contributed by atoms with Crippen LogP contribution in [0.4, 0.5) is 0 Å². The van der Waals surface area contributed by atoms with E-state index in [0.29, 0.717) is 12.5 Å². The lowest BCUT2D eigenvalue weighted by molar-refractivity contribution is -0.104. The molecule has 0 N–H and O–H groups in total. The average Bonchev–Trinajstić information content (AvgIpc) is 2.38. The van der Waals surface area contributed by atoms with Gasteiger partial charge in [-0.25, -0.2) is 0 Å². The standard InChI is InChI=1S/C17H25NO2/c1-7-20-17-14(13(6)8-9-19)10-15(11(2)3)18-16(17)12(4)5/h8-12H,7H2,1-6H3. The molecule has 0 atom stereocenters. The Labute approximate surface area is 122 Å². The van der Waals surface area contributed by atoms with Gasteiger partial charge in [0.1, 0.15) is 12.0 Å². The van der Waals surface area contributed by atoms with Crippen molar-refractivity contribution in [2.75, 3.05) is 6.61 Å². The predicted molar refractivity (Wildman–Crippen MR) is 83.3 cm³/mol. The summed E-state index contributed by atoms with van der Waals surface area (Å²) in [4.78, 5) is 15.5. The molecule has 0 aliphatic heterocycles. The van der Waals surface area contributed by atoms with Crippen LogP contribution in [0.3, 0.4) is 0 Å². The quantitative estimate of drug-likeness (QED) is 0.573. The SMILES string of the molecule is CCOc1c(C(C)=CC=O)cc(C(C)C)nc1C(C)C. The topological polar surface area (TPSA) is 39.2 Å². The largest absolute Gasteiger partial charge is 0.491 e. The molecular weight excluding hydrogens is 250 g/mol. The van der Waals surface area contributed by atoms with Crippen LogP contribution < -0.4 is 4.74 Å². The van der Waals surface area contributed by atoms with E-state index < -0.39 is 0 Å². The molecule has 20 heavy (non-hydrogen) atoms. The highest BCUT2D eigenvalue weighted by Crippen LogP contribution is 2.35. The third-order valence-corrected chi connectivity index (χ3v) is 3.19. The lowest BCUT2D eigenvalue weighted by Crippen LogP contribution is -2.07. The lowest BCUT2D eigenvalue weighted by atomic mass is 9.97. The first-order valence-electron chi connectivity index (χ1n) is 7.22. The molecule has 110 valence electrons. The van der Waals surface area contributed by atoms with E-state index >= 15 is 0 Å². The third kappa shape index (κ3) is 3.69. The number of pyridine rings is 1. The summed E-state index contributed by atoms with van der Waals surface area (Å²) in [6, 6.07) is 2.04. The molecule has 0 amide bonds. The maximum absolute atomic E-state index is 10.8. The molecule has 0 unspecified atom stereocenters. The zero-order valence-electron chi connectivity index (χ0n) is 13.4. The molecule has 0 bridgehead atoms. The monoisotopic (exact) mass is 275 g/mol. The first-order valence-corrected chi connectivity index (χ1v) is 7.22. The van der Waals surface area contributed by atoms with Crippen LogP contribution in [-0.2, 0) is 4.79 Å². The van der Waals surface area contributed by atoms with E-state index in [0.717, 1.165) is 34.6 Å². The smallest absolute Gasteiger partial charge is 0.148 e. The van der Waals surface area contributed by atoms with Crippen molar-refractivity contribution in [2.45, 2.75) is 53.4 Å². The summed E-state index contributed by atoms with van der Waals surface area (Å²) in [6.07, 6.45) is 2.39. The van der Waals surface area contributed by atoms with Crippen LogP contribution in [0.5, 0.6) is 5.75 Å². The van der Waals surface area contributed by atoms with Crippen LogP contribution in [0.1, 0.15) is 70.3 Å². The Morgan fingerprint density at radius 2 is 1.95 bits per heavy atom. The highest BCUT2D eigenvalue weighted by atomic mass is 16.5. The van der Waals surface area contributed by atoms with Gasteiger partial charge in [-0.3, -0.25) is 9.78 Å². The first-order chi connectivity index (χ1) is 9.42. The van der Waals surface area contributed by atoms with Crippen molar-refractivity contribution in [3.05, 3.63) is 29.1 Å².